The average molecular weight is 384 g/mol. The summed E-state index contributed by atoms with van der Waals surface area (Å²) in [5, 5.41) is 13.3. The topological polar surface area (TPSA) is 80.2 Å². The summed E-state index contributed by atoms with van der Waals surface area (Å²) in [6.07, 6.45) is 5.05. The number of carbonyl (C=O) groups is 1. The molecule has 0 saturated heterocycles. The van der Waals surface area contributed by atoms with Crippen LogP contribution in [0.2, 0.25) is 0 Å². The second-order valence-corrected chi connectivity index (χ2v) is 6.33. The molecule has 2 aromatic carbocycles. The monoisotopic (exact) mass is 384 g/mol. The van der Waals surface area contributed by atoms with Crippen LogP contribution in [0.25, 0.3) is 0 Å². The Morgan fingerprint density at radius 3 is 2.57 bits per heavy atom. The standard InChI is InChI=1S/C22H28N2O4/c1-3-5-6-13-28-20-12-9-18(14-21(20)27-4-2)16-23-24-22(26)15-17-7-10-19(25)11-8-17/h7-12,14,16,25H,3-6,13,15H2,1-2H3,(H,24,26)/b23-16-. The van der Waals surface area contributed by atoms with Gasteiger partial charge in [0.1, 0.15) is 5.75 Å². The number of rotatable bonds is 11. The number of hydrogen-bond acceptors (Lipinski definition) is 5. The van der Waals surface area contributed by atoms with Gasteiger partial charge in [0.05, 0.1) is 25.8 Å². The first-order valence-corrected chi connectivity index (χ1v) is 9.61. The smallest absolute Gasteiger partial charge is 0.244 e. The Morgan fingerprint density at radius 1 is 1.07 bits per heavy atom. The number of benzene rings is 2. The Balaban J connectivity index is 1.91. The van der Waals surface area contributed by atoms with E-state index in [-0.39, 0.29) is 18.1 Å². The molecular weight excluding hydrogens is 356 g/mol. The highest BCUT2D eigenvalue weighted by molar-refractivity contribution is 5.84. The van der Waals surface area contributed by atoms with Gasteiger partial charge in [0, 0.05) is 0 Å². The highest BCUT2D eigenvalue weighted by Crippen LogP contribution is 2.28. The Labute approximate surface area is 166 Å². The van der Waals surface area contributed by atoms with Gasteiger partial charge < -0.3 is 14.6 Å². The number of nitrogens with zero attached hydrogens (tertiary/aromatic N) is 1. The lowest BCUT2D eigenvalue weighted by Gasteiger charge is -2.12. The molecule has 0 radical (unpaired) electrons. The Kier molecular flexibility index (Phi) is 8.85. The molecule has 0 spiro atoms. The van der Waals surface area contributed by atoms with Crippen LogP contribution in [-0.4, -0.2) is 30.4 Å². The number of hydrogen-bond donors (Lipinski definition) is 2. The molecule has 0 saturated carbocycles. The molecule has 0 aliphatic rings. The van der Waals surface area contributed by atoms with E-state index in [0.717, 1.165) is 30.4 Å². The molecule has 0 atom stereocenters. The fourth-order valence-corrected chi connectivity index (χ4v) is 2.54. The second kappa shape index (κ2) is 11.6. The van der Waals surface area contributed by atoms with Gasteiger partial charge in [-0.2, -0.15) is 5.10 Å². The van der Waals surface area contributed by atoms with Gasteiger partial charge in [0.2, 0.25) is 5.91 Å². The summed E-state index contributed by atoms with van der Waals surface area (Å²) in [4.78, 5) is 12.0. The van der Waals surface area contributed by atoms with Gasteiger partial charge in [-0.15, -0.1) is 0 Å². The van der Waals surface area contributed by atoms with Crippen molar-refractivity contribution in [3.63, 3.8) is 0 Å². The summed E-state index contributed by atoms with van der Waals surface area (Å²) in [6, 6.07) is 12.1. The van der Waals surface area contributed by atoms with E-state index in [1.165, 1.54) is 0 Å². The van der Waals surface area contributed by atoms with Crippen LogP contribution >= 0.6 is 0 Å². The molecule has 6 heteroatoms. The number of phenolic OH excluding ortho intramolecular Hbond substituents is 1. The molecule has 0 fully saturated rings. The maximum atomic E-state index is 12.0. The molecule has 1 amide bonds. The van der Waals surface area contributed by atoms with E-state index in [1.807, 2.05) is 25.1 Å². The van der Waals surface area contributed by atoms with Crippen molar-refractivity contribution < 1.29 is 19.4 Å². The van der Waals surface area contributed by atoms with Crippen molar-refractivity contribution >= 4 is 12.1 Å². The number of ether oxygens (including phenoxy) is 2. The lowest BCUT2D eigenvalue weighted by Crippen LogP contribution is -2.19. The van der Waals surface area contributed by atoms with E-state index in [1.54, 1.807) is 30.5 Å². The number of unbranched alkanes of at least 4 members (excludes halogenated alkanes) is 2. The molecular formula is C22H28N2O4. The van der Waals surface area contributed by atoms with Gasteiger partial charge in [-0.1, -0.05) is 31.9 Å². The van der Waals surface area contributed by atoms with Crippen LogP contribution in [0, 0.1) is 0 Å². The normalized spacial score (nSPS) is 10.8. The number of phenols is 1. The lowest BCUT2D eigenvalue weighted by molar-refractivity contribution is -0.120. The van der Waals surface area contributed by atoms with Crippen molar-refractivity contribution in [1.82, 2.24) is 5.43 Å². The maximum Gasteiger partial charge on any atom is 0.244 e. The number of carbonyl (C=O) groups excluding carboxylic acids is 1. The number of amides is 1. The molecule has 2 N–H and O–H groups in total. The maximum absolute atomic E-state index is 12.0. The Hall–Kier alpha value is -3.02. The zero-order valence-corrected chi connectivity index (χ0v) is 16.5. The lowest BCUT2D eigenvalue weighted by atomic mass is 10.1. The van der Waals surface area contributed by atoms with Gasteiger partial charge in [0.15, 0.2) is 11.5 Å². The zero-order chi connectivity index (χ0) is 20.2. The minimum absolute atomic E-state index is 0.171. The first-order chi connectivity index (χ1) is 13.6. The predicted molar refractivity (Wildman–Crippen MR) is 110 cm³/mol. The van der Waals surface area contributed by atoms with Crippen molar-refractivity contribution in [2.45, 2.75) is 39.5 Å². The fourth-order valence-electron chi connectivity index (χ4n) is 2.54. The van der Waals surface area contributed by atoms with E-state index in [9.17, 15) is 9.90 Å². The van der Waals surface area contributed by atoms with E-state index >= 15 is 0 Å². The summed E-state index contributed by atoms with van der Waals surface area (Å²) in [7, 11) is 0. The van der Waals surface area contributed by atoms with Crippen LogP contribution in [-0.2, 0) is 11.2 Å². The predicted octanol–water partition coefficient (Wildman–Crippen LogP) is 4.05. The van der Waals surface area contributed by atoms with E-state index in [2.05, 4.69) is 17.5 Å². The number of aromatic hydroxyl groups is 1. The van der Waals surface area contributed by atoms with Gasteiger partial charge in [-0.25, -0.2) is 5.43 Å². The van der Waals surface area contributed by atoms with Crippen molar-refractivity contribution in [2.75, 3.05) is 13.2 Å². The zero-order valence-electron chi connectivity index (χ0n) is 16.5. The summed E-state index contributed by atoms with van der Waals surface area (Å²) in [5.41, 5.74) is 4.10. The summed E-state index contributed by atoms with van der Waals surface area (Å²) in [5.74, 6) is 1.32. The van der Waals surface area contributed by atoms with E-state index in [4.69, 9.17) is 9.47 Å². The van der Waals surface area contributed by atoms with E-state index < -0.39 is 0 Å². The van der Waals surface area contributed by atoms with Crippen LogP contribution in [0.3, 0.4) is 0 Å². The molecule has 0 aromatic heterocycles. The van der Waals surface area contributed by atoms with Gasteiger partial charge >= 0.3 is 0 Å². The van der Waals surface area contributed by atoms with Crippen molar-refractivity contribution in [1.29, 1.82) is 0 Å². The largest absolute Gasteiger partial charge is 0.508 e. The van der Waals surface area contributed by atoms with Crippen molar-refractivity contribution in [2.24, 2.45) is 5.10 Å². The molecule has 0 aliphatic heterocycles. The van der Waals surface area contributed by atoms with Gasteiger partial charge in [-0.3, -0.25) is 4.79 Å². The average Bonchev–Trinajstić information content (AvgIpc) is 2.68. The summed E-state index contributed by atoms with van der Waals surface area (Å²) >= 11 is 0. The molecule has 2 aromatic rings. The SMILES string of the molecule is CCCCCOc1ccc(/C=N\NC(=O)Cc2ccc(O)cc2)cc1OCC. The summed E-state index contributed by atoms with van der Waals surface area (Å²) in [6.45, 7) is 5.28. The first-order valence-electron chi connectivity index (χ1n) is 9.61. The third kappa shape index (κ3) is 7.31. The Bertz CT molecular complexity index is 773. The van der Waals surface area contributed by atoms with E-state index in [0.29, 0.717) is 24.7 Å². The highest BCUT2D eigenvalue weighted by Gasteiger charge is 2.06. The molecule has 28 heavy (non-hydrogen) atoms. The van der Waals surface area contributed by atoms with Crippen LogP contribution in [0.1, 0.15) is 44.2 Å². The number of hydrazone groups is 1. The minimum Gasteiger partial charge on any atom is -0.508 e. The van der Waals surface area contributed by atoms with Crippen LogP contribution in [0.15, 0.2) is 47.6 Å². The van der Waals surface area contributed by atoms with Crippen molar-refractivity contribution in [3.05, 3.63) is 53.6 Å². The molecule has 6 nitrogen and oxygen atoms in total. The molecule has 150 valence electrons. The molecule has 0 aliphatic carbocycles. The van der Waals surface area contributed by atoms with Crippen LogP contribution in [0.5, 0.6) is 17.2 Å². The Morgan fingerprint density at radius 2 is 1.86 bits per heavy atom. The third-order valence-corrected chi connectivity index (χ3v) is 3.98. The summed E-state index contributed by atoms with van der Waals surface area (Å²) < 4.78 is 11.5. The third-order valence-electron chi connectivity index (χ3n) is 3.98. The number of nitrogens with one attached hydrogen (secondary N) is 1. The first kappa shape index (κ1) is 21.3. The van der Waals surface area contributed by atoms with Crippen molar-refractivity contribution in [3.8, 4) is 17.2 Å². The highest BCUT2D eigenvalue weighted by atomic mass is 16.5. The van der Waals surface area contributed by atoms with Crippen LogP contribution in [0.4, 0.5) is 0 Å². The quantitative estimate of drug-likeness (QED) is 0.348. The molecule has 0 heterocycles. The molecule has 2 rings (SSSR count). The fraction of sp³-hybridized carbons (Fsp3) is 0.364. The second-order valence-electron chi connectivity index (χ2n) is 6.33. The van der Waals surface area contributed by atoms with Crippen LogP contribution < -0.4 is 14.9 Å². The molecule has 0 bridgehead atoms. The van der Waals surface area contributed by atoms with Gasteiger partial charge in [0.25, 0.3) is 0 Å². The molecule has 0 unspecified atom stereocenters. The minimum atomic E-state index is -0.233. The van der Waals surface area contributed by atoms with Gasteiger partial charge in [-0.05, 0) is 54.8 Å².